The Hall–Kier alpha value is -2.30. The molecule has 2 heterocycles. The molecule has 0 aliphatic heterocycles. The number of methoxy groups -OCH3 is 1. The van der Waals surface area contributed by atoms with Crippen molar-refractivity contribution in [1.82, 2.24) is 24.8 Å². The number of hydrogen-bond acceptors (Lipinski definition) is 8. The van der Waals surface area contributed by atoms with Crippen LogP contribution < -0.4 is 10.2 Å². The summed E-state index contributed by atoms with van der Waals surface area (Å²) in [6.45, 7) is 0.314. The van der Waals surface area contributed by atoms with Gasteiger partial charge in [0.2, 0.25) is 5.91 Å². The Morgan fingerprint density at radius 2 is 2.07 bits per heavy atom. The van der Waals surface area contributed by atoms with Crippen molar-refractivity contribution < 1.29 is 19.7 Å². The predicted molar refractivity (Wildman–Crippen MR) is 98.4 cm³/mol. The topological polar surface area (TPSA) is 126 Å². The lowest BCUT2D eigenvalue weighted by Gasteiger charge is -2.38. The molecule has 1 fully saturated rings. The Labute approximate surface area is 157 Å². The Morgan fingerprint density at radius 3 is 2.78 bits per heavy atom. The third-order valence-corrected chi connectivity index (χ3v) is 4.93. The summed E-state index contributed by atoms with van der Waals surface area (Å²) in [7, 11) is 5.27. The van der Waals surface area contributed by atoms with Gasteiger partial charge < -0.3 is 29.7 Å². The molecule has 0 unspecified atom stereocenters. The van der Waals surface area contributed by atoms with Gasteiger partial charge in [-0.1, -0.05) is 0 Å². The summed E-state index contributed by atoms with van der Waals surface area (Å²) in [4.78, 5) is 26.7. The molecule has 1 aliphatic rings. The first-order chi connectivity index (χ1) is 12.9. The molecule has 2 aromatic heterocycles. The highest BCUT2D eigenvalue weighted by Gasteiger charge is 2.39. The second kappa shape index (κ2) is 8.15. The first-order valence-electron chi connectivity index (χ1n) is 8.93. The average Bonchev–Trinajstić information content (AvgIpc) is 3.07. The molecule has 2 aromatic rings. The number of aliphatic hydroxyl groups excluding tert-OH is 2. The lowest BCUT2D eigenvalue weighted by Crippen LogP contribution is -2.54. The summed E-state index contributed by atoms with van der Waals surface area (Å²) in [5.74, 6) is 0.482. The Morgan fingerprint density at radius 1 is 1.30 bits per heavy atom. The van der Waals surface area contributed by atoms with E-state index in [0.717, 1.165) is 0 Å². The fraction of sp³-hybridized carbons (Fsp3) is 0.647. The van der Waals surface area contributed by atoms with Crippen molar-refractivity contribution in [3.05, 3.63) is 12.7 Å². The highest BCUT2D eigenvalue weighted by atomic mass is 16.5. The normalized spacial score (nSPS) is 25.5. The molecule has 3 N–H and O–H groups in total. The zero-order chi connectivity index (χ0) is 19.6. The second-order valence-corrected chi connectivity index (χ2v) is 6.96. The van der Waals surface area contributed by atoms with Crippen molar-refractivity contribution in [1.29, 1.82) is 0 Å². The first-order valence-corrected chi connectivity index (χ1v) is 8.93. The highest BCUT2D eigenvalue weighted by Crippen LogP contribution is 2.32. The summed E-state index contributed by atoms with van der Waals surface area (Å²) in [6, 6.07) is -0.885. The van der Waals surface area contributed by atoms with Gasteiger partial charge in [-0.2, -0.15) is 0 Å². The van der Waals surface area contributed by atoms with Crippen molar-refractivity contribution in [2.75, 3.05) is 32.7 Å². The van der Waals surface area contributed by atoms with Crippen molar-refractivity contribution in [3.63, 3.8) is 0 Å². The Balaban J connectivity index is 1.77. The van der Waals surface area contributed by atoms with Crippen LogP contribution in [-0.2, 0) is 9.53 Å². The van der Waals surface area contributed by atoms with E-state index in [2.05, 4.69) is 20.3 Å². The van der Waals surface area contributed by atoms with E-state index in [0.29, 0.717) is 36.4 Å². The second-order valence-electron chi connectivity index (χ2n) is 6.96. The molecule has 0 radical (unpaired) electrons. The molecule has 0 spiro atoms. The van der Waals surface area contributed by atoms with Gasteiger partial charge in [-0.05, 0) is 12.8 Å². The summed E-state index contributed by atoms with van der Waals surface area (Å²) < 4.78 is 6.66. The quantitative estimate of drug-likeness (QED) is 0.613. The number of aromatic nitrogens is 4. The van der Waals surface area contributed by atoms with Crippen LogP contribution in [0, 0.1) is 0 Å². The minimum Gasteiger partial charge on any atom is -0.388 e. The van der Waals surface area contributed by atoms with Crippen LogP contribution in [0.2, 0.25) is 0 Å². The van der Waals surface area contributed by atoms with Crippen LogP contribution in [0.1, 0.15) is 25.3 Å². The van der Waals surface area contributed by atoms with Crippen molar-refractivity contribution in [2.45, 2.75) is 43.6 Å². The Bertz CT molecular complexity index is 795. The molecule has 3 rings (SSSR count). The molecule has 10 nitrogen and oxygen atoms in total. The zero-order valence-electron chi connectivity index (χ0n) is 15.7. The summed E-state index contributed by atoms with van der Waals surface area (Å²) >= 11 is 0. The van der Waals surface area contributed by atoms with Gasteiger partial charge in [0.15, 0.2) is 17.0 Å². The highest BCUT2D eigenvalue weighted by molar-refractivity contribution is 5.83. The van der Waals surface area contributed by atoms with Gasteiger partial charge >= 0.3 is 0 Å². The van der Waals surface area contributed by atoms with Gasteiger partial charge in [0.05, 0.1) is 25.0 Å². The molecule has 1 aliphatic carbocycles. The van der Waals surface area contributed by atoms with Gasteiger partial charge in [0.25, 0.3) is 0 Å². The summed E-state index contributed by atoms with van der Waals surface area (Å²) in [6.07, 6.45) is 2.26. The zero-order valence-corrected chi connectivity index (χ0v) is 15.7. The SMILES string of the molecule is COCCC(=O)N[C@@H]1CC[C@@H](n2cnc3c(N(C)C)ncnc32)[C@@H](O)[C@@H]1O. The maximum absolute atomic E-state index is 11.9. The molecule has 4 atom stereocenters. The molecule has 0 aromatic carbocycles. The lowest BCUT2D eigenvalue weighted by atomic mass is 9.85. The predicted octanol–water partition coefficient (Wildman–Crippen LogP) is -0.530. The number of hydrogen-bond donors (Lipinski definition) is 3. The van der Waals surface area contributed by atoms with Crippen LogP contribution in [0.15, 0.2) is 12.7 Å². The maximum atomic E-state index is 11.9. The molecule has 1 amide bonds. The van der Waals surface area contributed by atoms with Gasteiger partial charge in [0.1, 0.15) is 18.5 Å². The van der Waals surface area contributed by atoms with Crippen LogP contribution >= 0.6 is 0 Å². The third-order valence-electron chi connectivity index (χ3n) is 4.93. The number of ether oxygens (including phenoxy) is 1. The van der Waals surface area contributed by atoms with E-state index in [1.807, 2.05) is 19.0 Å². The van der Waals surface area contributed by atoms with Gasteiger partial charge in [-0.15, -0.1) is 0 Å². The fourth-order valence-corrected chi connectivity index (χ4v) is 3.50. The van der Waals surface area contributed by atoms with Gasteiger partial charge in [0, 0.05) is 27.6 Å². The third kappa shape index (κ3) is 3.87. The number of imidazole rings is 1. The van der Waals surface area contributed by atoms with Crippen LogP contribution in [0.3, 0.4) is 0 Å². The average molecular weight is 378 g/mol. The monoisotopic (exact) mass is 378 g/mol. The van der Waals surface area contributed by atoms with Gasteiger partial charge in [-0.3, -0.25) is 4.79 Å². The van der Waals surface area contributed by atoms with E-state index < -0.39 is 18.2 Å². The number of carbonyl (C=O) groups is 1. The van der Waals surface area contributed by atoms with E-state index in [4.69, 9.17) is 4.74 Å². The number of amides is 1. The molecule has 148 valence electrons. The fourth-order valence-electron chi connectivity index (χ4n) is 3.50. The molecule has 27 heavy (non-hydrogen) atoms. The largest absolute Gasteiger partial charge is 0.388 e. The van der Waals surface area contributed by atoms with Gasteiger partial charge in [-0.25, -0.2) is 15.0 Å². The van der Waals surface area contributed by atoms with Crippen LogP contribution in [0.5, 0.6) is 0 Å². The molecule has 0 saturated heterocycles. The number of fused-ring (bicyclic) bond motifs is 1. The van der Waals surface area contributed by atoms with Crippen molar-refractivity contribution >= 4 is 22.9 Å². The molecular formula is C17H26N6O4. The molecule has 1 saturated carbocycles. The van der Waals surface area contributed by atoms with E-state index in [9.17, 15) is 15.0 Å². The molecular weight excluding hydrogens is 352 g/mol. The first kappa shape index (κ1) is 19.5. The minimum atomic E-state index is -1.08. The standard InChI is InChI=1S/C17H26N6O4/c1-22(2)16-13-17(19-8-18-16)23(9-20-13)11-5-4-10(14(25)15(11)26)21-12(24)6-7-27-3/h8-11,14-15,25-26H,4-7H2,1-3H3,(H,21,24)/t10-,11-,14-,15-/m1/s1. The number of rotatable bonds is 6. The number of nitrogens with zero attached hydrogens (tertiary/aromatic N) is 5. The van der Waals surface area contributed by atoms with E-state index in [1.54, 1.807) is 10.9 Å². The number of aliphatic hydroxyl groups is 2. The van der Waals surface area contributed by atoms with E-state index in [1.165, 1.54) is 13.4 Å². The van der Waals surface area contributed by atoms with Crippen molar-refractivity contribution in [3.8, 4) is 0 Å². The number of carbonyl (C=O) groups excluding carboxylic acids is 1. The van der Waals surface area contributed by atoms with E-state index >= 15 is 0 Å². The molecule has 10 heteroatoms. The maximum Gasteiger partial charge on any atom is 0.222 e. The smallest absolute Gasteiger partial charge is 0.222 e. The minimum absolute atomic E-state index is 0.206. The van der Waals surface area contributed by atoms with Crippen LogP contribution in [0.4, 0.5) is 5.82 Å². The van der Waals surface area contributed by atoms with Crippen LogP contribution in [0.25, 0.3) is 11.2 Å². The van der Waals surface area contributed by atoms with E-state index in [-0.39, 0.29) is 18.4 Å². The molecule has 0 bridgehead atoms. The van der Waals surface area contributed by atoms with Crippen molar-refractivity contribution in [2.24, 2.45) is 0 Å². The summed E-state index contributed by atoms with van der Waals surface area (Å²) in [5.41, 5.74) is 1.24. The summed E-state index contributed by atoms with van der Waals surface area (Å²) in [5, 5.41) is 24.0. The number of nitrogens with one attached hydrogen (secondary N) is 1. The lowest BCUT2D eigenvalue weighted by molar-refractivity contribution is -0.126. The van der Waals surface area contributed by atoms with Crippen LogP contribution in [-0.4, -0.2) is 81.7 Å². The Kier molecular flexibility index (Phi) is 5.88. The number of anilines is 1.